The SMILES string of the molecule is O=C(c1ccccc1)n1ccc2c(S(=O)(=O)O)cccc21. The molecule has 0 spiro atoms. The van der Waals surface area contributed by atoms with Crippen LogP contribution in [0.15, 0.2) is 65.7 Å². The van der Waals surface area contributed by atoms with Crippen LogP contribution in [0.2, 0.25) is 0 Å². The van der Waals surface area contributed by atoms with Gasteiger partial charge in [-0.15, -0.1) is 0 Å². The van der Waals surface area contributed by atoms with Gasteiger partial charge in [0.05, 0.1) is 5.52 Å². The van der Waals surface area contributed by atoms with Gasteiger partial charge in [0, 0.05) is 17.1 Å². The summed E-state index contributed by atoms with van der Waals surface area (Å²) in [5.74, 6) is -0.266. The molecule has 3 aromatic rings. The van der Waals surface area contributed by atoms with E-state index in [9.17, 15) is 17.8 Å². The molecule has 21 heavy (non-hydrogen) atoms. The molecular formula is C15H11NO4S. The number of benzene rings is 2. The highest BCUT2D eigenvalue weighted by Crippen LogP contribution is 2.24. The molecule has 1 N–H and O–H groups in total. The summed E-state index contributed by atoms with van der Waals surface area (Å²) in [6.07, 6.45) is 1.49. The molecule has 0 aliphatic rings. The molecule has 106 valence electrons. The zero-order valence-electron chi connectivity index (χ0n) is 10.8. The van der Waals surface area contributed by atoms with Gasteiger partial charge >= 0.3 is 0 Å². The number of fused-ring (bicyclic) bond motifs is 1. The largest absolute Gasteiger partial charge is 0.295 e. The Morgan fingerprint density at radius 2 is 1.67 bits per heavy atom. The van der Waals surface area contributed by atoms with Crippen molar-refractivity contribution in [2.45, 2.75) is 4.90 Å². The van der Waals surface area contributed by atoms with Crippen LogP contribution in [0.4, 0.5) is 0 Å². The summed E-state index contributed by atoms with van der Waals surface area (Å²) in [6, 6.07) is 14.6. The van der Waals surface area contributed by atoms with E-state index < -0.39 is 10.1 Å². The summed E-state index contributed by atoms with van der Waals surface area (Å²) >= 11 is 0. The quantitative estimate of drug-likeness (QED) is 0.738. The van der Waals surface area contributed by atoms with Crippen LogP contribution in [0, 0.1) is 0 Å². The van der Waals surface area contributed by atoms with Gasteiger partial charge < -0.3 is 0 Å². The molecule has 0 atom stereocenters. The van der Waals surface area contributed by atoms with Gasteiger partial charge in [0.1, 0.15) is 4.90 Å². The predicted octanol–water partition coefficient (Wildman–Crippen LogP) is 2.58. The van der Waals surface area contributed by atoms with Gasteiger partial charge in [0.25, 0.3) is 16.0 Å². The molecule has 0 fully saturated rings. The van der Waals surface area contributed by atoms with Crippen LogP contribution in [-0.2, 0) is 10.1 Å². The molecule has 1 heterocycles. The molecular weight excluding hydrogens is 290 g/mol. The van der Waals surface area contributed by atoms with Crippen LogP contribution < -0.4 is 0 Å². The van der Waals surface area contributed by atoms with Crippen molar-refractivity contribution >= 4 is 26.9 Å². The minimum Gasteiger partial charge on any atom is -0.283 e. The lowest BCUT2D eigenvalue weighted by molar-refractivity contribution is 0.0965. The minimum atomic E-state index is -4.33. The summed E-state index contributed by atoms with van der Waals surface area (Å²) in [6.45, 7) is 0. The van der Waals surface area contributed by atoms with Gasteiger partial charge in [0.15, 0.2) is 0 Å². The lowest BCUT2D eigenvalue weighted by atomic mass is 10.2. The standard InChI is InChI=1S/C15H11NO4S/c17-15(11-5-2-1-3-6-11)16-10-9-12-13(16)7-4-8-14(12)21(18,19)20/h1-10H,(H,18,19,20). The van der Waals surface area contributed by atoms with Crippen LogP contribution >= 0.6 is 0 Å². The molecule has 0 aliphatic carbocycles. The number of rotatable bonds is 2. The van der Waals surface area contributed by atoms with Gasteiger partial charge in [-0.05, 0) is 30.3 Å². The molecule has 0 saturated carbocycles. The third-order valence-electron chi connectivity index (χ3n) is 3.21. The third-order valence-corrected chi connectivity index (χ3v) is 4.12. The Labute approximate surface area is 121 Å². The molecule has 0 saturated heterocycles. The first-order valence-corrected chi connectivity index (χ1v) is 7.60. The molecule has 0 unspecified atom stereocenters. The lowest BCUT2D eigenvalue weighted by Crippen LogP contribution is -2.10. The number of hydrogen-bond acceptors (Lipinski definition) is 3. The molecule has 0 aliphatic heterocycles. The minimum absolute atomic E-state index is 0.209. The highest BCUT2D eigenvalue weighted by molar-refractivity contribution is 7.86. The fourth-order valence-corrected chi connectivity index (χ4v) is 2.96. The van der Waals surface area contributed by atoms with Crippen molar-refractivity contribution in [3.05, 3.63) is 66.4 Å². The number of carbonyl (C=O) groups excluding carboxylic acids is 1. The van der Waals surface area contributed by atoms with Gasteiger partial charge in [-0.1, -0.05) is 24.3 Å². The summed E-state index contributed by atoms with van der Waals surface area (Å²) in [5, 5.41) is 0.310. The number of nitrogens with zero attached hydrogens (tertiary/aromatic N) is 1. The second kappa shape index (κ2) is 4.83. The highest BCUT2D eigenvalue weighted by Gasteiger charge is 2.18. The third kappa shape index (κ3) is 2.35. The van der Waals surface area contributed by atoms with E-state index in [1.807, 2.05) is 0 Å². The van der Waals surface area contributed by atoms with Crippen LogP contribution in [0.5, 0.6) is 0 Å². The Hall–Kier alpha value is -2.44. The number of aromatic nitrogens is 1. The average molecular weight is 301 g/mol. The van der Waals surface area contributed by atoms with Crippen molar-refractivity contribution in [2.24, 2.45) is 0 Å². The molecule has 0 bridgehead atoms. The van der Waals surface area contributed by atoms with Crippen molar-refractivity contribution in [3.63, 3.8) is 0 Å². The monoisotopic (exact) mass is 301 g/mol. The van der Waals surface area contributed by atoms with Crippen molar-refractivity contribution in [1.82, 2.24) is 4.57 Å². The Kier molecular flexibility index (Phi) is 3.12. The van der Waals surface area contributed by atoms with Crippen molar-refractivity contribution < 1.29 is 17.8 Å². The molecule has 0 radical (unpaired) electrons. The van der Waals surface area contributed by atoms with E-state index >= 15 is 0 Å². The summed E-state index contributed by atoms with van der Waals surface area (Å²) in [7, 11) is -4.33. The van der Waals surface area contributed by atoms with Crippen LogP contribution in [0.1, 0.15) is 10.4 Å². The zero-order valence-corrected chi connectivity index (χ0v) is 11.6. The lowest BCUT2D eigenvalue weighted by Gasteiger charge is -2.05. The normalized spacial score (nSPS) is 11.7. The molecule has 1 aromatic heterocycles. The first-order valence-electron chi connectivity index (χ1n) is 6.16. The van der Waals surface area contributed by atoms with Gasteiger partial charge in [-0.25, -0.2) is 0 Å². The van der Waals surface area contributed by atoms with Crippen molar-refractivity contribution in [1.29, 1.82) is 0 Å². The fourth-order valence-electron chi connectivity index (χ4n) is 2.26. The summed E-state index contributed by atoms with van der Waals surface area (Å²) < 4.78 is 33.3. The maximum atomic E-state index is 12.4. The zero-order chi connectivity index (χ0) is 15.0. The van der Waals surface area contributed by atoms with E-state index in [0.29, 0.717) is 16.5 Å². The Morgan fingerprint density at radius 1 is 0.952 bits per heavy atom. The molecule has 5 nitrogen and oxygen atoms in total. The Balaban J connectivity index is 2.21. The van der Waals surface area contributed by atoms with E-state index in [0.717, 1.165) is 0 Å². The Morgan fingerprint density at radius 3 is 2.33 bits per heavy atom. The Bertz CT molecular complexity index is 927. The fraction of sp³-hybridized carbons (Fsp3) is 0. The van der Waals surface area contributed by atoms with E-state index in [1.165, 1.54) is 29.0 Å². The second-order valence-electron chi connectivity index (χ2n) is 4.52. The average Bonchev–Trinajstić information content (AvgIpc) is 2.90. The van der Waals surface area contributed by atoms with Crippen LogP contribution in [-0.4, -0.2) is 23.4 Å². The number of carbonyl (C=O) groups is 1. The van der Waals surface area contributed by atoms with E-state index in [2.05, 4.69) is 0 Å². The molecule has 3 rings (SSSR count). The second-order valence-corrected chi connectivity index (χ2v) is 5.91. The van der Waals surface area contributed by atoms with Gasteiger partial charge in [0.2, 0.25) is 0 Å². The topological polar surface area (TPSA) is 76.4 Å². The van der Waals surface area contributed by atoms with E-state index in [4.69, 9.17) is 0 Å². The maximum absolute atomic E-state index is 12.4. The highest BCUT2D eigenvalue weighted by atomic mass is 32.2. The maximum Gasteiger partial charge on any atom is 0.295 e. The van der Waals surface area contributed by atoms with Crippen molar-refractivity contribution in [2.75, 3.05) is 0 Å². The van der Waals surface area contributed by atoms with Crippen LogP contribution in [0.3, 0.4) is 0 Å². The summed E-state index contributed by atoms with van der Waals surface area (Å²) in [4.78, 5) is 12.2. The predicted molar refractivity (Wildman–Crippen MR) is 77.9 cm³/mol. The van der Waals surface area contributed by atoms with Crippen molar-refractivity contribution in [3.8, 4) is 0 Å². The van der Waals surface area contributed by atoms with Gasteiger partial charge in [-0.3, -0.25) is 13.9 Å². The van der Waals surface area contributed by atoms with E-state index in [-0.39, 0.29) is 10.8 Å². The van der Waals surface area contributed by atoms with E-state index in [1.54, 1.807) is 36.4 Å². The summed E-state index contributed by atoms with van der Waals surface area (Å²) in [5.41, 5.74) is 0.922. The first kappa shape index (κ1) is 13.5. The smallest absolute Gasteiger partial charge is 0.283 e. The molecule has 0 amide bonds. The van der Waals surface area contributed by atoms with Gasteiger partial charge in [-0.2, -0.15) is 8.42 Å². The molecule has 6 heteroatoms. The van der Waals surface area contributed by atoms with Crippen LogP contribution in [0.25, 0.3) is 10.9 Å². The number of hydrogen-bond donors (Lipinski definition) is 1. The first-order chi connectivity index (χ1) is 9.98. The molecule has 2 aromatic carbocycles.